The Hall–Kier alpha value is -2.57. The van der Waals surface area contributed by atoms with Crippen molar-refractivity contribution in [3.63, 3.8) is 0 Å². The molecule has 1 heterocycles. The molecule has 1 aliphatic carbocycles. The lowest BCUT2D eigenvalue weighted by atomic mass is 9.66. The number of anilines is 1. The summed E-state index contributed by atoms with van der Waals surface area (Å²) in [5, 5.41) is 14.5. The van der Waals surface area contributed by atoms with Crippen molar-refractivity contribution < 1.29 is 19.4 Å². The third-order valence-electron chi connectivity index (χ3n) is 7.11. The monoisotopic (exact) mass is 438 g/mol. The Morgan fingerprint density at radius 1 is 1.12 bits per heavy atom. The van der Waals surface area contributed by atoms with E-state index in [2.05, 4.69) is 10.2 Å². The number of amides is 1. The molecule has 2 aromatic rings. The molecule has 0 bridgehead atoms. The highest BCUT2D eigenvalue weighted by atomic mass is 16.5. The van der Waals surface area contributed by atoms with Crippen LogP contribution in [0.25, 0.3) is 0 Å². The minimum absolute atomic E-state index is 0.0400. The van der Waals surface area contributed by atoms with E-state index in [1.165, 1.54) is 0 Å². The largest absolute Gasteiger partial charge is 0.497 e. The van der Waals surface area contributed by atoms with Crippen molar-refractivity contribution in [3.05, 3.63) is 53.6 Å². The number of rotatable bonds is 6. The predicted octanol–water partition coefficient (Wildman–Crippen LogP) is 4.32. The maximum absolute atomic E-state index is 13.0. The zero-order chi connectivity index (χ0) is 22.7. The molecular formula is C26H34N2O4. The highest BCUT2D eigenvalue weighted by Gasteiger charge is 2.50. The van der Waals surface area contributed by atoms with Gasteiger partial charge in [-0.2, -0.15) is 0 Å². The second-order valence-electron chi connectivity index (χ2n) is 9.14. The number of ether oxygens (including phenoxy) is 2. The fourth-order valence-corrected chi connectivity index (χ4v) is 5.43. The summed E-state index contributed by atoms with van der Waals surface area (Å²) in [6.07, 6.45) is 4.54. The minimum atomic E-state index is -0.707. The van der Waals surface area contributed by atoms with Gasteiger partial charge in [0.05, 0.1) is 26.4 Å². The van der Waals surface area contributed by atoms with Crippen molar-refractivity contribution in [2.75, 3.05) is 32.6 Å². The number of fused-ring (bicyclic) bond motifs is 1. The highest BCUT2D eigenvalue weighted by molar-refractivity contribution is 5.92. The molecule has 0 spiro atoms. The summed E-state index contributed by atoms with van der Waals surface area (Å²) in [6.45, 7) is 2.93. The van der Waals surface area contributed by atoms with Gasteiger partial charge in [-0.05, 0) is 56.5 Å². The van der Waals surface area contributed by atoms with Gasteiger partial charge < -0.3 is 19.9 Å². The minimum Gasteiger partial charge on any atom is -0.497 e. The summed E-state index contributed by atoms with van der Waals surface area (Å²) < 4.78 is 11.2. The first-order valence-corrected chi connectivity index (χ1v) is 11.5. The smallest absolute Gasteiger partial charge is 0.238 e. The van der Waals surface area contributed by atoms with Crippen LogP contribution < -0.4 is 14.8 Å². The summed E-state index contributed by atoms with van der Waals surface area (Å²) in [5.41, 5.74) is 2.21. The zero-order valence-electron chi connectivity index (χ0n) is 19.3. The zero-order valence-corrected chi connectivity index (χ0v) is 19.3. The predicted molar refractivity (Wildman–Crippen MR) is 125 cm³/mol. The van der Waals surface area contributed by atoms with Crippen molar-refractivity contribution in [3.8, 4) is 11.5 Å². The molecule has 1 saturated carbocycles. The lowest BCUT2D eigenvalue weighted by molar-refractivity contribution is -0.135. The number of nitrogens with zero attached hydrogens (tertiary/aromatic N) is 1. The van der Waals surface area contributed by atoms with Crippen molar-refractivity contribution in [1.29, 1.82) is 0 Å². The summed E-state index contributed by atoms with van der Waals surface area (Å²) in [7, 11) is 3.31. The quantitative estimate of drug-likeness (QED) is 0.703. The Kier molecular flexibility index (Phi) is 6.72. The molecule has 2 N–H and O–H groups in total. The van der Waals surface area contributed by atoms with Crippen molar-refractivity contribution in [2.45, 2.75) is 50.7 Å². The number of carbonyl (C=O) groups is 1. The number of aliphatic hydroxyl groups is 1. The molecule has 3 atom stereocenters. The molecule has 2 fully saturated rings. The van der Waals surface area contributed by atoms with Crippen LogP contribution in [0, 0.1) is 12.8 Å². The molecule has 4 rings (SSSR count). The summed E-state index contributed by atoms with van der Waals surface area (Å²) in [4.78, 5) is 15.2. The molecule has 0 aromatic heterocycles. The molecule has 0 radical (unpaired) electrons. The van der Waals surface area contributed by atoms with Gasteiger partial charge in [-0.1, -0.05) is 30.5 Å². The second kappa shape index (κ2) is 9.51. The molecule has 6 heteroatoms. The van der Waals surface area contributed by atoms with Gasteiger partial charge in [-0.25, -0.2) is 0 Å². The third-order valence-corrected chi connectivity index (χ3v) is 7.11. The average molecular weight is 439 g/mol. The summed E-state index contributed by atoms with van der Waals surface area (Å²) in [5.74, 6) is 1.49. The van der Waals surface area contributed by atoms with Crippen molar-refractivity contribution in [1.82, 2.24) is 4.90 Å². The molecule has 1 saturated heterocycles. The standard InChI is InChI=1S/C26H34N2O4/c1-18-7-9-19(10-8-18)27-24(29)17-28-15-14-26(30)13-5-4-6-22(26)25(28)21-16-20(31-2)11-12-23(21)32-3/h7-12,16,22,25,30H,4-6,13-15,17H2,1-3H3,(H,27,29)/t22-,25-,26-/m0/s1. The van der Waals surface area contributed by atoms with Crippen LogP contribution in [-0.2, 0) is 4.79 Å². The molecule has 172 valence electrons. The van der Waals surface area contributed by atoms with Crippen LogP contribution in [0.2, 0.25) is 0 Å². The molecular weight excluding hydrogens is 404 g/mol. The molecule has 1 aliphatic heterocycles. The first kappa shape index (κ1) is 22.6. The number of aryl methyl sites for hydroxylation is 1. The Balaban J connectivity index is 1.64. The maximum atomic E-state index is 13.0. The first-order valence-electron chi connectivity index (χ1n) is 11.5. The molecule has 2 aliphatic rings. The van der Waals surface area contributed by atoms with Crippen LogP contribution >= 0.6 is 0 Å². The van der Waals surface area contributed by atoms with Gasteiger partial charge in [0, 0.05) is 29.8 Å². The first-order chi connectivity index (χ1) is 15.4. The Morgan fingerprint density at radius 2 is 1.91 bits per heavy atom. The van der Waals surface area contributed by atoms with Gasteiger partial charge in [0.1, 0.15) is 11.5 Å². The number of likely N-dealkylation sites (tertiary alicyclic amines) is 1. The van der Waals surface area contributed by atoms with E-state index in [0.29, 0.717) is 13.0 Å². The van der Waals surface area contributed by atoms with Crippen LogP contribution in [-0.4, -0.2) is 48.8 Å². The average Bonchev–Trinajstić information content (AvgIpc) is 2.80. The normalized spacial score (nSPS) is 25.6. The van der Waals surface area contributed by atoms with E-state index in [9.17, 15) is 9.90 Å². The van der Waals surface area contributed by atoms with E-state index >= 15 is 0 Å². The van der Waals surface area contributed by atoms with E-state index in [1.807, 2.05) is 49.4 Å². The van der Waals surface area contributed by atoms with E-state index in [-0.39, 0.29) is 24.4 Å². The van der Waals surface area contributed by atoms with E-state index in [1.54, 1.807) is 14.2 Å². The van der Waals surface area contributed by atoms with Crippen LogP contribution in [0.3, 0.4) is 0 Å². The van der Waals surface area contributed by atoms with Crippen LogP contribution in [0.5, 0.6) is 11.5 Å². The number of hydrogen-bond donors (Lipinski definition) is 2. The number of nitrogens with one attached hydrogen (secondary N) is 1. The van der Waals surface area contributed by atoms with Crippen LogP contribution in [0.15, 0.2) is 42.5 Å². The lowest BCUT2D eigenvalue weighted by Crippen LogP contribution is -2.56. The molecule has 32 heavy (non-hydrogen) atoms. The Morgan fingerprint density at radius 3 is 2.62 bits per heavy atom. The number of hydrogen-bond acceptors (Lipinski definition) is 5. The number of benzene rings is 2. The second-order valence-corrected chi connectivity index (χ2v) is 9.14. The van der Waals surface area contributed by atoms with Gasteiger partial charge in [0.25, 0.3) is 0 Å². The van der Waals surface area contributed by atoms with Gasteiger partial charge in [0.2, 0.25) is 5.91 Å². The van der Waals surface area contributed by atoms with Crippen molar-refractivity contribution in [2.24, 2.45) is 5.92 Å². The number of piperidine rings is 1. The van der Waals surface area contributed by atoms with Gasteiger partial charge in [0.15, 0.2) is 0 Å². The Labute approximate surface area is 190 Å². The highest BCUT2D eigenvalue weighted by Crippen LogP contribution is 2.51. The molecule has 6 nitrogen and oxygen atoms in total. The number of methoxy groups -OCH3 is 2. The van der Waals surface area contributed by atoms with Crippen molar-refractivity contribution >= 4 is 11.6 Å². The SMILES string of the molecule is COc1ccc(OC)c([C@H]2[C@@H]3CCCC[C@]3(O)CCN2CC(=O)Nc2ccc(C)cc2)c1. The summed E-state index contributed by atoms with van der Waals surface area (Å²) in [6, 6.07) is 13.5. The van der Waals surface area contributed by atoms with Gasteiger partial charge >= 0.3 is 0 Å². The lowest BCUT2D eigenvalue weighted by Gasteiger charge is -2.52. The van der Waals surface area contributed by atoms with Crippen LogP contribution in [0.4, 0.5) is 5.69 Å². The number of carbonyl (C=O) groups excluding carboxylic acids is 1. The van der Waals surface area contributed by atoms with Crippen LogP contribution in [0.1, 0.15) is 49.3 Å². The van der Waals surface area contributed by atoms with E-state index < -0.39 is 5.60 Å². The topological polar surface area (TPSA) is 71.0 Å². The summed E-state index contributed by atoms with van der Waals surface area (Å²) >= 11 is 0. The fourth-order valence-electron chi connectivity index (χ4n) is 5.43. The molecule has 2 aromatic carbocycles. The molecule has 1 amide bonds. The Bertz CT molecular complexity index is 945. The van der Waals surface area contributed by atoms with Gasteiger partial charge in [-0.3, -0.25) is 9.69 Å². The molecule has 0 unspecified atom stereocenters. The van der Waals surface area contributed by atoms with E-state index in [0.717, 1.165) is 54.0 Å². The third kappa shape index (κ3) is 4.62. The maximum Gasteiger partial charge on any atom is 0.238 e. The van der Waals surface area contributed by atoms with Gasteiger partial charge in [-0.15, -0.1) is 0 Å². The van der Waals surface area contributed by atoms with E-state index in [4.69, 9.17) is 9.47 Å². The fraction of sp³-hybridized carbons (Fsp3) is 0.500.